The fourth-order valence-corrected chi connectivity index (χ4v) is 5.02. The first-order chi connectivity index (χ1) is 10.1. The molecule has 22 heavy (non-hydrogen) atoms. The molecule has 1 atom stereocenters. The van der Waals surface area contributed by atoms with Gasteiger partial charge in [-0.15, -0.1) is 0 Å². The number of aryl methyl sites for hydroxylation is 1. The third-order valence-corrected chi connectivity index (χ3v) is 6.82. The van der Waals surface area contributed by atoms with Crippen LogP contribution in [0.5, 0.6) is 0 Å². The molecule has 122 valence electrons. The minimum absolute atomic E-state index is 0.0872. The molecule has 1 aromatic carbocycles. The Kier molecular flexibility index (Phi) is 4.82. The van der Waals surface area contributed by atoms with Crippen LogP contribution in [0, 0.1) is 0 Å². The second kappa shape index (κ2) is 6.03. The van der Waals surface area contributed by atoms with E-state index in [-0.39, 0.29) is 10.5 Å². The van der Waals surface area contributed by atoms with Crippen LogP contribution in [0.1, 0.15) is 47.7 Å². The zero-order chi connectivity index (χ0) is 16.7. The predicted molar refractivity (Wildman–Crippen MR) is 85.4 cm³/mol. The van der Waals surface area contributed by atoms with Crippen molar-refractivity contribution in [1.82, 2.24) is 0 Å². The topological polar surface area (TPSA) is 88.5 Å². The van der Waals surface area contributed by atoms with Crippen molar-refractivity contribution in [3.8, 4) is 0 Å². The van der Waals surface area contributed by atoms with Gasteiger partial charge in [0.15, 0.2) is 20.9 Å². The third-order valence-electron chi connectivity index (χ3n) is 4.18. The molecule has 0 bridgehead atoms. The molecule has 1 fully saturated rings. The molecule has 1 saturated carbocycles. The normalized spacial score (nSPS) is 18.5. The second-order valence-corrected chi connectivity index (χ2v) is 9.11. The molecular formula is C14H17ClO5S2. The van der Waals surface area contributed by atoms with E-state index in [2.05, 4.69) is 0 Å². The molecule has 0 aromatic heterocycles. The molecular weight excluding hydrogens is 348 g/mol. The number of halogens is 1. The maximum atomic E-state index is 12.1. The maximum Gasteiger partial charge on any atom is 0.252 e. The van der Waals surface area contributed by atoms with Gasteiger partial charge >= 0.3 is 0 Å². The van der Waals surface area contributed by atoms with Crippen LogP contribution in [0.3, 0.4) is 0 Å². The van der Waals surface area contributed by atoms with Crippen LogP contribution in [-0.2, 0) is 32.1 Å². The van der Waals surface area contributed by atoms with Gasteiger partial charge in [-0.25, -0.2) is 12.6 Å². The second-order valence-electron chi connectivity index (χ2n) is 5.50. The summed E-state index contributed by atoms with van der Waals surface area (Å²) in [5, 5.41) is -0.735. The maximum absolute atomic E-state index is 12.1. The molecule has 0 amide bonds. The Hall–Kier alpha value is -0.760. The lowest BCUT2D eigenvalue weighted by molar-refractivity contribution is 0.108. The highest BCUT2D eigenvalue weighted by atomic mass is 35.5. The van der Waals surface area contributed by atoms with Crippen molar-refractivity contribution in [2.45, 2.75) is 42.2 Å². The Labute approximate surface area is 137 Å². The van der Waals surface area contributed by atoms with Crippen LogP contribution >= 0.6 is 11.6 Å². The molecule has 8 heteroatoms. The molecule has 0 radical (unpaired) electrons. The summed E-state index contributed by atoms with van der Waals surface area (Å²) in [7, 11) is -3.66. The van der Waals surface area contributed by atoms with Gasteiger partial charge in [-0.1, -0.05) is 13.0 Å². The molecule has 1 aliphatic carbocycles. The van der Waals surface area contributed by atoms with Gasteiger partial charge < -0.3 is 4.55 Å². The highest BCUT2D eigenvalue weighted by Crippen LogP contribution is 2.48. The van der Waals surface area contributed by atoms with E-state index >= 15 is 0 Å². The smallest absolute Gasteiger partial charge is 0.252 e. The first-order valence-electron chi connectivity index (χ1n) is 6.81. The average molecular weight is 365 g/mol. The minimum Gasteiger partial charge on any atom is -0.305 e. The number of rotatable bonds is 5. The largest absolute Gasteiger partial charge is 0.305 e. The summed E-state index contributed by atoms with van der Waals surface area (Å²) >= 11 is 3.35. The van der Waals surface area contributed by atoms with Crippen molar-refractivity contribution < 1.29 is 22.0 Å². The fourth-order valence-electron chi connectivity index (χ4n) is 2.80. The zero-order valence-corrected chi connectivity index (χ0v) is 14.6. The summed E-state index contributed by atoms with van der Waals surface area (Å²) in [5.74, 6) is 0. The number of hydrogen-bond acceptors (Lipinski definition) is 4. The Morgan fingerprint density at radius 2 is 2.00 bits per heavy atom. The lowest BCUT2D eigenvalue weighted by atomic mass is 9.78. The number of hydrogen-bond donors (Lipinski definition) is 1. The summed E-state index contributed by atoms with van der Waals surface area (Å²) in [6.07, 6.45) is 3.13. The van der Waals surface area contributed by atoms with Gasteiger partial charge in [0.1, 0.15) is 0 Å². The number of carbonyl (C=O) groups excluding carboxylic acids is 1. The highest BCUT2D eigenvalue weighted by Gasteiger charge is 2.47. The van der Waals surface area contributed by atoms with Crippen LogP contribution in [0.4, 0.5) is 0 Å². The van der Waals surface area contributed by atoms with Gasteiger partial charge in [-0.05, 0) is 54.5 Å². The van der Waals surface area contributed by atoms with E-state index in [9.17, 15) is 22.0 Å². The van der Waals surface area contributed by atoms with Crippen molar-refractivity contribution in [2.75, 3.05) is 6.26 Å². The van der Waals surface area contributed by atoms with Crippen LogP contribution in [-0.4, -0.2) is 28.7 Å². The number of sulfone groups is 1. The van der Waals surface area contributed by atoms with E-state index in [0.717, 1.165) is 12.7 Å². The molecule has 0 spiro atoms. The summed E-state index contributed by atoms with van der Waals surface area (Å²) in [6, 6.07) is 2.80. The van der Waals surface area contributed by atoms with Gasteiger partial charge in [0, 0.05) is 11.8 Å². The van der Waals surface area contributed by atoms with Crippen molar-refractivity contribution in [3.63, 3.8) is 0 Å². The van der Waals surface area contributed by atoms with Crippen molar-refractivity contribution in [2.24, 2.45) is 0 Å². The monoisotopic (exact) mass is 364 g/mol. The Morgan fingerprint density at radius 3 is 2.32 bits per heavy atom. The highest BCUT2D eigenvalue weighted by molar-refractivity contribution is 7.90. The molecule has 1 N–H and O–H groups in total. The quantitative estimate of drug-likeness (QED) is 0.640. The summed E-state index contributed by atoms with van der Waals surface area (Å²) in [4.78, 5) is 11.5. The first kappa shape index (κ1) is 17.6. The van der Waals surface area contributed by atoms with Crippen molar-refractivity contribution in [3.05, 3.63) is 28.8 Å². The van der Waals surface area contributed by atoms with E-state index in [1.54, 1.807) is 6.07 Å². The van der Waals surface area contributed by atoms with E-state index < -0.39 is 30.9 Å². The average Bonchev–Trinajstić information content (AvgIpc) is 2.34. The number of benzene rings is 1. The van der Waals surface area contributed by atoms with E-state index in [1.807, 2.05) is 6.92 Å². The summed E-state index contributed by atoms with van der Waals surface area (Å²) in [5.41, 5.74) is 1.03. The van der Waals surface area contributed by atoms with E-state index in [4.69, 9.17) is 11.6 Å². The van der Waals surface area contributed by atoms with Gasteiger partial charge in [0.2, 0.25) is 0 Å². The Morgan fingerprint density at radius 1 is 1.41 bits per heavy atom. The van der Waals surface area contributed by atoms with Crippen LogP contribution in [0.25, 0.3) is 0 Å². The first-order valence-corrected chi connectivity index (χ1v) is 10.2. The third kappa shape index (κ3) is 2.87. The summed E-state index contributed by atoms with van der Waals surface area (Å²) in [6.45, 7) is 1.81. The van der Waals surface area contributed by atoms with Gasteiger partial charge in [0.05, 0.1) is 9.64 Å². The minimum atomic E-state index is -3.66. The molecule has 0 heterocycles. The fraction of sp³-hybridized carbons (Fsp3) is 0.500. The molecule has 0 saturated heterocycles. The van der Waals surface area contributed by atoms with Gasteiger partial charge in [-0.3, -0.25) is 4.79 Å². The Balaban J connectivity index is 2.83. The number of carbonyl (C=O) groups is 1. The van der Waals surface area contributed by atoms with Crippen LogP contribution in [0.2, 0.25) is 0 Å². The molecule has 1 aliphatic rings. The SMILES string of the molecule is CCc1cc(C2(S(=O)O)CCC2)c(S(C)(=O)=O)cc1C(=O)Cl. The van der Waals surface area contributed by atoms with Gasteiger partial charge in [-0.2, -0.15) is 0 Å². The standard InChI is InChI=1S/C14H17ClO5S2/c1-3-9-7-11(14(21(17)18)5-4-6-14)12(22(2,19)20)8-10(9)13(15)16/h7-8H,3-6H2,1-2H3,(H,17,18). The lowest BCUT2D eigenvalue weighted by Crippen LogP contribution is -2.40. The van der Waals surface area contributed by atoms with Gasteiger partial charge in [0.25, 0.3) is 5.24 Å². The molecule has 1 unspecified atom stereocenters. The molecule has 5 nitrogen and oxygen atoms in total. The summed E-state index contributed by atoms with van der Waals surface area (Å²) < 4.78 is 44.6. The van der Waals surface area contributed by atoms with Crippen LogP contribution in [0.15, 0.2) is 17.0 Å². The molecule has 2 rings (SSSR count). The van der Waals surface area contributed by atoms with Crippen molar-refractivity contribution >= 4 is 37.8 Å². The zero-order valence-electron chi connectivity index (χ0n) is 12.3. The van der Waals surface area contributed by atoms with E-state index in [0.29, 0.717) is 30.4 Å². The van der Waals surface area contributed by atoms with Crippen LogP contribution < -0.4 is 0 Å². The van der Waals surface area contributed by atoms with Crippen molar-refractivity contribution in [1.29, 1.82) is 0 Å². The van der Waals surface area contributed by atoms with E-state index in [1.165, 1.54) is 6.07 Å². The lowest BCUT2D eigenvalue weighted by Gasteiger charge is -2.40. The molecule has 0 aliphatic heterocycles. The Bertz CT molecular complexity index is 751. The molecule has 1 aromatic rings. The predicted octanol–water partition coefficient (Wildman–Crippen LogP) is 2.63.